The second-order valence-corrected chi connectivity index (χ2v) is 11.2. The third kappa shape index (κ3) is 4.62. The Morgan fingerprint density at radius 3 is 2.59 bits per heavy atom. The first kappa shape index (κ1) is 24.8. The fourth-order valence-corrected chi connectivity index (χ4v) is 6.86. The highest BCUT2D eigenvalue weighted by molar-refractivity contribution is 7.89. The van der Waals surface area contributed by atoms with Gasteiger partial charge >= 0.3 is 0 Å². The summed E-state index contributed by atoms with van der Waals surface area (Å²) >= 11 is 0. The molecule has 0 radical (unpaired) electrons. The second kappa shape index (κ2) is 9.37. The van der Waals surface area contributed by atoms with Crippen LogP contribution in [0.3, 0.4) is 0 Å². The molecule has 1 saturated heterocycles. The van der Waals surface area contributed by atoms with Crippen LogP contribution in [0.1, 0.15) is 56.7 Å². The van der Waals surface area contributed by atoms with Crippen LogP contribution in [0.25, 0.3) is 5.69 Å². The molecule has 10 heteroatoms. The summed E-state index contributed by atoms with van der Waals surface area (Å²) in [5, 5.41) is 4.35. The minimum atomic E-state index is -4.01. The van der Waals surface area contributed by atoms with E-state index in [-0.39, 0.29) is 49.1 Å². The van der Waals surface area contributed by atoms with E-state index < -0.39 is 22.0 Å². The molecule has 1 aromatic heterocycles. The standard InChI is InChI=1S/C24H32F2N4O3S/c1-4-18-11-14-27-30(18)21-16-17(2)7-8-22(21)34(32,33)29-15-5-6-20(29)23(31)28(3)19-9-12-24(25,26)13-10-19/h7-8,11,14,16,19-20H,4-6,9-10,12-13,15H2,1-3H3/t20-/m0/s1. The first-order valence-electron chi connectivity index (χ1n) is 11.9. The maximum atomic E-state index is 13.9. The Labute approximate surface area is 199 Å². The number of carbonyl (C=O) groups excluding carboxylic acids is 1. The second-order valence-electron chi connectivity index (χ2n) is 9.37. The summed E-state index contributed by atoms with van der Waals surface area (Å²) in [6, 6.07) is 5.82. The predicted octanol–water partition coefficient (Wildman–Crippen LogP) is 3.93. The zero-order valence-corrected chi connectivity index (χ0v) is 20.7. The van der Waals surface area contributed by atoms with Gasteiger partial charge in [0.15, 0.2) is 0 Å². The number of sulfonamides is 1. The van der Waals surface area contributed by atoms with Gasteiger partial charge in [-0.3, -0.25) is 4.79 Å². The Kier molecular flexibility index (Phi) is 6.83. The molecule has 1 amide bonds. The lowest BCUT2D eigenvalue weighted by molar-refractivity contribution is -0.138. The van der Waals surface area contributed by atoms with Crippen LogP contribution in [-0.4, -0.2) is 64.9 Å². The third-order valence-corrected chi connectivity index (χ3v) is 9.04. The van der Waals surface area contributed by atoms with Crippen LogP contribution in [0.4, 0.5) is 8.78 Å². The molecule has 0 N–H and O–H groups in total. The molecular weight excluding hydrogens is 462 g/mol. The summed E-state index contributed by atoms with van der Waals surface area (Å²) in [5.74, 6) is -3.01. The fourth-order valence-electron chi connectivity index (χ4n) is 5.05. The highest BCUT2D eigenvalue weighted by Gasteiger charge is 2.44. The van der Waals surface area contributed by atoms with Crippen LogP contribution in [0.5, 0.6) is 0 Å². The van der Waals surface area contributed by atoms with Crippen molar-refractivity contribution in [2.24, 2.45) is 0 Å². The van der Waals surface area contributed by atoms with Crippen molar-refractivity contribution in [3.05, 3.63) is 41.7 Å². The van der Waals surface area contributed by atoms with E-state index in [9.17, 15) is 22.0 Å². The van der Waals surface area contributed by atoms with Crippen molar-refractivity contribution in [2.45, 2.75) is 81.7 Å². The molecule has 7 nitrogen and oxygen atoms in total. The summed E-state index contributed by atoms with van der Waals surface area (Å²) < 4.78 is 57.9. The number of aryl methyl sites for hydroxylation is 2. The van der Waals surface area contributed by atoms with Gasteiger partial charge < -0.3 is 4.90 Å². The Balaban J connectivity index is 1.63. The van der Waals surface area contributed by atoms with Crippen molar-refractivity contribution in [1.29, 1.82) is 0 Å². The smallest absolute Gasteiger partial charge is 0.248 e. The third-order valence-electron chi connectivity index (χ3n) is 7.08. The van der Waals surface area contributed by atoms with Crippen LogP contribution in [-0.2, 0) is 21.2 Å². The predicted molar refractivity (Wildman–Crippen MR) is 125 cm³/mol. The van der Waals surface area contributed by atoms with Crippen molar-refractivity contribution in [1.82, 2.24) is 19.0 Å². The van der Waals surface area contributed by atoms with Gasteiger partial charge in [-0.2, -0.15) is 9.40 Å². The molecule has 1 atom stereocenters. The van der Waals surface area contributed by atoms with Crippen LogP contribution < -0.4 is 0 Å². The first-order valence-corrected chi connectivity index (χ1v) is 13.3. The van der Waals surface area contributed by atoms with Gasteiger partial charge in [0.05, 0.1) is 5.69 Å². The first-order chi connectivity index (χ1) is 16.0. The minimum absolute atomic E-state index is 0.108. The van der Waals surface area contributed by atoms with Crippen molar-refractivity contribution in [3.8, 4) is 5.69 Å². The number of carbonyl (C=O) groups is 1. The number of hydrogen-bond acceptors (Lipinski definition) is 4. The maximum absolute atomic E-state index is 13.9. The van der Waals surface area contributed by atoms with Gasteiger partial charge in [0, 0.05) is 44.4 Å². The van der Waals surface area contributed by atoms with E-state index in [0.29, 0.717) is 24.9 Å². The quantitative estimate of drug-likeness (QED) is 0.610. The Hall–Kier alpha value is -2.33. The van der Waals surface area contributed by atoms with Crippen molar-refractivity contribution in [3.63, 3.8) is 0 Å². The summed E-state index contributed by atoms with van der Waals surface area (Å²) in [6.45, 7) is 4.10. The Bertz CT molecular complexity index is 1150. The number of likely N-dealkylation sites (N-methyl/N-ethyl adjacent to an activating group) is 1. The molecule has 0 unspecified atom stereocenters. The number of nitrogens with zero attached hydrogens (tertiary/aromatic N) is 4. The van der Waals surface area contributed by atoms with Gasteiger partial charge in [-0.05, 0) is 62.8 Å². The Morgan fingerprint density at radius 2 is 1.91 bits per heavy atom. The summed E-state index contributed by atoms with van der Waals surface area (Å²) in [5.41, 5.74) is 2.24. The average molecular weight is 495 g/mol. The average Bonchev–Trinajstić information content (AvgIpc) is 3.48. The van der Waals surface area contributed by atoms with Crippen molar-refractivity contribution in [2.75, 3.05) is 13.6 Å². The lowest BCUT2D eigenvalue weighted by Gasteiger charge is -2.37. The number of rotatable bonds is 6. The van der Waals surface area contributed by atoms with Crippen LogP contribution in [0, 0.1) is 6.92 Å². The van der Waals surface area contributed by atoms with E-state index in [1.165, 1.54) is 9.21 Å². The zero-order valence-electron chi connectivity index (χ0n) is 19.9. The normalized spacial score (nSPS) is 21.6. The molecule has 2 heterocycles. The number of amides is 1. The highest BCUT2D eigenvalue weighted by atomic mass is 32.2. The molecule has 0 spiro atoms. The molecule has 1 aliphatic heterocycles. The molecule has 2 aromatic rings. The summed E-state index contributed by atoms with van der Waals surface area (Å²) in [4.78, 5) is 15.0. The maximum Gasteiger partial charge on any atom is 0.248 e. The monoisotopic (exact) mass is 494 g/mol. The molecular formula is C24H32F2N4O3S. The van der Waals surface area contributed by atoms with E-state index in [4.69, 9.17) is 0 Å². The topological polar surface area (TPSA) is 75.5 Å². The molecule has 186 valence electrons. The van der Waals surface area contributed by atoms with E-state index in [1.54, 1.807) is 36.1 Å². The van der Waals surface area contributed by atoms with Crippen LogP contribution in [0.15, 0.2) is 35.4 Å². The zero-order chi connectivity index (χ0) is 24.7. The van der Waals surface area contributed by atoms with Crippen LogP contribution >= 0.6 is 0 Å². The summed E-state index contributed by atoms with van der Waals surface area (Å²) in [6.07, 6.45) is 3.23. The largest absolute Gasteiger partial charge is 0.341 e. The number of hydrogen-bond donors (Lipinski definition) is 0. The SMILES string of the molecule is CCc1ccnn1-c1cc(C)ccc1S(=O)(=O)N1CCC[C@H]1C(=O)N(C)C1CCC(F)(F)CC1. The Morgan fingerprint density at radius 1 is 1.21 bits per heavy atom. The van der Waals surface area contributed by atoms with E-state index in [1.807, 2.05) is 19.9 Å². The molecule has 2 aliphatic rings. The van der Waals surface area contributed by atoms with Gasteiger partial charge in [0.25, 0.3) is 0 Å². The lowest BCUT2D eigenvalue weighted by atomic mass is 9.91. The number of benzene rings is 1. The summed E-state index contributed by atoms with van der Waals surface area (Å²) in [7, 11) is -2.40. The van der Waals surface area contributed by atoms with Gasteiger partial charge in [-0.25, -0.2) is 21.9 Å². The van der Waals surface area contributed by atoms with Crippen LogP contribution in [0.2, 0.25) is 0 Å². The van der Waals surface area contributed by atoms with E-state index in [2.05, 4.69) is 5.10 Å². The van der Waals surface area contributed by atoms with Crippen molar-refractivity contribution < 1.29 is 22.0 Å². The van der Waals surface area contributed by atoms with Gasteiger partial charge in [0.2, 0.25) is 21.9 Å². The molecule has 4 rings (SSSR count). The highest BCUT2D eigenvalue weighted by Crippen LogP contribution is 2.36. The number of halogens is 2. The fraction of sp³-hybridized carbons (Fsp3) is 0.583. The minimum Gasteiger partial charge on any atom is -0.341 e. The van der Waals surface area contributed by atoms with E-state index >= 15 is 0 Å². The molecule has 1 saturated carbocycles. The van der Waals surface area contributed by atoms with Gasteiger partial charge in [-0.15, -0.1) is 0 Å². The molecule has 2 fully saturated rings. The molecule has 1 aliphatic carbocycles. The van der Waals surface area contributed by atoms with Crippen molar-refractivity contribution >= 4 is 15.9 Å². The number of aromatic nitrogens is 2. The van der Waals surface area contributed by atoms with Gasteiger partial charge in [-0.1, -0.05) is 13.0 Å². The lowest BCUT2D eigenvalue weighted by Crippen LogP contribution is -2.50. The van der Waals surface area contributed by atoms with E-state index in [0.717, 1.165) is 11.3 Å². The molecule has 34 heavy (non-hydrogen) atoms. The number of alkyl halides is 2. The van der Waals surface area contributed by atoms with Gasteiger partial charge in [0.1, 0.15) is 10.9 Å². The molecule has 1 aromatic carbocycles. The molecule has 0 bridgehead atoms.